The summed E-state index contributed by atoms with van der Waals surface area (Å²) in [5.41, 5.74) is 3.13. The average Bonchev–Trinajstić information content (AvgIpc) is 2.74. The molecule has 0 aliphatic carbocycles. The Balaban J connectivity index is 2.24. The molecule has 82 valence electrons. The van der Waals surface area contributed by atoms with Crippen LogP contribution >= 0.6 is 0 Å². The fourth-order valence-corrected chi connectivity index (χ4v) is 2.25. The Bertz CT molecular complexity index is 342. The molecule has 1 fully saturated rings. The summed E-state index contributed by atoms with van der Waals surface area (Å²) in [4.78, 5) is 0. The molecule has 2 rings (SSSR count). The molecule has 1 aliphatic heterocycles. The summed E-state index contributed by atoms with van der Waals surface area (Å²) in [7, 11) is 0. The molecule has 1 N–H and O–H groups in total. The lowest BCUT2D eigenvalue weighted by atomic mass is 9.95. The monoisotopic (exact) mass is 207 g/mol. The summed E-state index contributed by atoms with van der Waals surface area (Å²) in [6, 6.07) is 5.91. The molecule has 0 radical (unpaired) electrons. The summed E-state index contributed by atoms with van der Waals surface area (Å²) in [6.07, 6.45) is 1.19. The summed E-state index contributed by atoms with van der Waals surface area (Å²) < 4.78 is 14.2. The van der Waals surface area contributed by atoms with Crippen molar-refractivity contribution in [2.24, 2.45) is 0 Å². The van der Waals surface area contributed by atoms with E-state index < -0.39 is 6.17 Å². The van der Waals surface area contributed by atoms with Crippen LogP contribution in [0.1, 0.15) is 35.7 Å². The molecule has 0 amide bonds. The highest BCUT2D eigenvalue weighted by molar-refractivity contribution is 5.35. The van der Waals surface area contributed by atoms with Crippen LogP contribution in [0.2, 0.25) is 0 Å². The van der Waals surface area contributed by atoms with Gasteiger partial charge in [-0.3, -0.25) is 0 Å². The zero-order chi connectivity index (χ0) is 10.8. The van der Waals surface area contributed by atoms with Gasteiger partial charge in [0.2, 0.25) is 0 Å². The highest BCUT2D eigenvalue weighted by Crippen LogP contribution is 2.29. The van der Waals surface area contributed by atoms with E-state index in [1.165, 1.54) is 5.56 Å². The van der Waals surface area contributed by atoms with Crippen LogP contribution in [0.4, 0.5) is 4.39 Å². The van der Waals surface area contributed by atoms with Gasteiger partial charge in [0.25, 0.3) is 0 Å². The quantitative estimate of drug-likeness (QED) is 0.786. The second-order valence-corrected chi connectivity index (χ2v) is 4.39. The van der Waals surface area contributed by atoms with Gasteiger partial charge in [0, 0.05) is 6.04 Å². The Morgan fingerprint density at radius 2 is 2.20 bits per heavy atom. The SMILES string of the molecule is Cc1cccc(C(F)C2CCCN2)c1C. The zero-order valence-corrected chi connectivity index (χ0v) is 9.39. The molecule has 2 atom stereocenters. The summed E-state index contributed by atoms with van der Waals surface area (Å²) in [6.45, 7) is 5.00. The molecule has 1 saturated heterocycles. The van der Waals surface area contributed by atoms with E-state index in [0.29, 0.717) is 0 Å². The largest absolute Gasteiger partial charge is 0.311 e. The second-order valence-electron chi connectivity index (χ2n) is 4.39. The van der Waals surface area contributed by atoms with Crippen molar-refractivity contribution in [2.75, 3.05) is 6.54 Å². The van der Waals surface area contributed by atoms with Gasteiger partial charge >= 0.3 is 0 Å². The van der Waals surface area contributed by atoms with Crippen molar-refractivity contribution in [1.29, 1.82) is 0 Å². The Hall–Kier alpha value is -0.890. The van der Waals surface area contributed by atoms with Gasteiger partial charge in [0.15, 0.2) is 0 Å². The lowest BCUT2D eigenvalue weighted by Crippen LogP contribution is -2.27. The van der Waals surface area contributed by atoms with E-state index >= 15 is 0 Å². The summed E-state index contributed by atoms with van der Waals surface area (Å²) in [5, 5.41) is 3.23. The van der Waals surface area contributed by atoms with Crippen LogP contribution in [0.3, 0.4) is 0 Å². The minimum atomic E-state index is -0.854. The fourth-order valence-electron chi connectivity index (χ4n) is 2.25. The normalized spacial score (nSPS) is 23.0. The second kappa shape index (κ2) is 4.31. The van der Waals surface area contributed by atoms with E-state index in [9.17, 15) is 4.39 Å². The molecule has 0 spiro atoms. The van der Waals surface area contributed by atoms with Crippen molar-refractivity contribution in [2.45, 2.75) is 38.9 Å². The Kier molecular flexibility index (Phi) is 3.06. The standard InChI is InChI=1S/C13H18FN/c1-9-5-3-6-11(10(9)2)13(14)12-7-4-8-15-12/h3,5-6,12-13,15H,4,7-8H2,1-2H3. The molecule has 2 unspecified atom stereocenters. The Morgan fingerprint density at radius 3 is 2.87 bits per heavy atom. The van der Waals surface area contributed by atoms with E-state index in [1.54, 1.807) is 0 Å². The third kappa shape index (κ3) is 2.05. The molecular formula is C13H18FN. The molecule has 0 aromatic heterocycles. The van der Waals surface area contributed by atoms with Crippen LogP contribution in [0.15, 0.2) is 18.2 Å². The van der Waals surface area contributed by atoms with E-state index in [0.717, 1.165) is 30.5 Å². The van der Waals surface area contributed by atoms with Gasteiger partial charge in [-0.25, -0.2) is 4.39 Å². The van der Waals surface area contributed by atoms with Crippen LogP contribution in [0.25, 0.3) is 0 Å². The number of benzene rings is 1. The maximum Gasteiger partial charge on any atom is 0.141 e. The van der Waals surface area contributed by atoms with Gasteiger partial charge in [-0.1, -0.05) is 18.2 Å². The minimum absolute atomic E-state index is 0.0190. The lowest BCUT2D eigenvalue weighted by Gasteiger charge is -2.19. The highest BCUT2D eigenvalue weighted by atomic mass is 19.1. The number of nitrogens with one attached hydrogen (secondary N) is 1. The predicted molar refractivity (Wildman–Crippen MR) is 60.8 cm³/mol. The van der Waals surface area contributed by atoms with Gasteiger partial charge in [0.05, 0.1) is 0 Å². The molecule has 1 aromatic carbocycles. The Morgan fingerprint density at radius 1 is 1.40 bits per heavy atom. The molecule has 1 nitrogen and oxygen atoms in total. The van der Waals surface area contributed by atoms with Gasteiger partial charge in [-0.2, -0.15) is 0 Å². The number of hydrogen-bond donors (Lipinski definition) is 1. The number of halogens is 1. The van der Waals surface area contributed by atoms with Gasteiger partial charge in [0.1, 0.15) is 6.17 Å². The number of aryl methyl sites for hydroxylation is 1. The van der Waals surface area contributed by atoms with Crippen molar-refractivity contribution >= 4 is 0 Å². The van der Waals surface area contributed by atoms with Gasteiger partial charge in [-0.15, -0.1) is 0 Å². The highest BCUT2D eigenvalue weighted by Gasteiger charge is 2.26. The van der Waals surface area contributed by atoms with Crippen LogP contribution in [-0.4, -0.2) is 12.6 Å². The van der Waals surface area contributed by atoms with E-state index in [1.807, 2.05) is 32.0 Å². The number of rotatable bonds is 2. The van der Waals surface area contributed by atoms with E-state index in [2.05, 4.69) is 5.32 Å². The third-order valence-corrected chi connectivity index (χ3v) is 3.40. The first-order chi connectivity index (χ1) is 7.20. The van der Waals surface area contributed by atoms with Gasteiger partial charge < -0.3 is 5.32 Å². The van der Waals surface area contributed by atoms with Crippen LogP contribution in [0.5, 0.6) is 0 Å². The van der Waals surface area contributed by atoms with E-state index in [4.69, 9.17) is 0 Å². The topological polar surface area (TPSA) is 12.0 Å². The molecule has 1 aliphatic rings. The van der Waals surface area contributed by atoms with Crippen molar-refractivity contribution < 1.29 is 4.39 Å². The van der Waals surface area contributed by atoms with Crippen molar-refractivity contribution in [1.82, 2.24) is 5.32 Å². The van der Waals surface area contributed by atoms with Crippen LogP contribution in [0, 0.1) is 13.8 Å². The maximum absolute atomic E-state index is 14.2. The molecule has 1 heterocycles. The first kappa shape index (κ1) is 10.6. The third-order valence-electron chi connectivity index (χ3n) is 3.40. The predicted octanol–water partition coefficient (Wildman–Crippen LogP) is 3.07. The minimum Gasteiger partial charge on any atom is -0.311 e. The molecule has 2 heteroatoms. The molecule has 0 bridgehead atoms. The lowest BCUT2D eigenvalue weighted by molar-refractivity contribution is 0.270. The molecule has 0 saturated carbocycles. The first-order valence-corrected chi connectivity index (χ1v) is 5.63. The van der Waals surface area contributed by atoms with Crippen LogP contribution in [-0.2, 0) is 0 Å². The molecule has 1 aromatic rings. The smallest absolute Gasteiger partial charge is 0.141 e. The molecule has 15 heavy (non-hydrogen) atoms. The summed E-state index contributed by atoms with van der Waals surface area (Å²) in [5.74, 6) is 0. The van der Waals surface area contributed by atoms with Gasteiger partial charge in [-0.05, 0) is 49.9 Å². The summed E-state index contributed by atoms with van der Waals surface area (Å²) >= 11 is 0. The van der Waals surface area contributed by atoms with Crippen LogP contribution < -0.4 is 5.32 Å². The van der Waals surface area contributed by atoms with Crippen molar-refractivity contribution in [3.63, 3.8) is 0 Å². The van der Waals surface area contributed by atoms with E-state index in [-0.39, 0.29) is 6.04 Å². The number of hydrogen-bond acceptors (Lipinski definition) is 1. The average molecular weight is 207 g/mol. The number of alkyl halides is 1. The molecular weight excluding hydrogens is 189 g/mol. The maximum atomic E-state index is 14.2. The van der Waals surface area contributed by atoms with Crippen molar-refractivity contribution in [3.05, 3.63) is 34.9 Å². The fraction of sp³-hybridized carbons (Fsp3) is 0.538. The zero-order valence-electron chi connectivity index (χ0n) is 9.39. The Labute approximate surface area is 90.7 Å². The van der Waals surface area contributed by atoms with Crippen molar-refractivity contribution in [3.8, 4) is 0 Å². The first-order valence-electron chi connectivity index (χ1n) is 5.63.